The lowest BCUT2D eigenvalue weighted by atomic mass is 9.92. The summed E-state index contributed by atoms with van der Waals surface area (Å²) in [5.74, 6) is 0. The zero-order chi connectivity index (χ0) is 15.6. The Morgan fingerprint density at radius 2 is 1.45 bits per heavy atom. The van der Waals surface area contributed by atoms with E-state index in [2.05, 4.69) is 57.1 Å². The second-order valence-corrected chi connectivity index (χ2v) is 7.87. The van der Waals surface area contributed by atoms with Crippen LogP contribution in [-0.2, 0) is 0 Å². The van der Waals surface area contributed by atoms with Crippen LogP contribution in [0.1, 0.15) is 48.0 Å². The SMILES string of the molecule is CC(C)(C)CCNCCN(CCN)CCNC(C)(C)C. The Balaban J connectivity index is 3.74. The summed E-state index contributed by atoms with van der Waals surface area (Å²) < 4.78 is 0. The lowest BCUT2D eigenvalue weighted by Crippen LogP contribution is -2.44. The summed E-state index contributed by atoms with van der Waals surface area (Å²) >= 11 is 0. The highest BCUT2D eigenvalue weighted by Crippen LogP contribution is 2.16. The van der Waals surface area contributed by atoms with Crippen LogP contribution in [0.5, 0.6) is 0 Å². The van der Waals surface area contributed by atoms with Gasteiger partial charge in [0.2, 0.25) is 0 Å². The zero-order valence-corrected chi connectivity index (χ0v) is 14.7. The van der Waals surface area contributed by atoms with Crippen molar-refractivity contribution >= 4 is 0 Å². The van der Waals surface area contributed by atoms with E-state index in [0.29, 0.717) is 5.41 Å². The summed E-state index contributed by atoms with van der Waals surface area (Å²) in [6, 6.07) is 0. The van der Waals surface area contributed by atoms with E-state index in [1.54, 1.807) is 0 Å². The van der Waals surface area contributed by atoms with Crippen LogP contribution in [0.2, 0.25) is 0 Å². The Bertz CT molecular complexity index is 228. The molecular formula is C16H38N4. The van der Waals surface area contributed by atoms with Crippen molar-refractivity contribution in [1.29, 1.82) is 0 Å². The molecule has 0 saturated carbocycles. The summed E-state index contributed by atoms with van der Waals surface area (Å²) in [7, 11) is 0. The normalized spacial score (nSPS) is 13.2. The number of nitrogens with one attached hydrogen (secondary N) is 2. The largest absolute Gasteiger partial charge is 0.329 e. The summed E-state index contributed by atoms with van der Waals surface area (Å²) in [6.07, 6.45) is 1.22. The molecule has 0 aliphatic rings. The van der Waals surface area contributed by atoms with Crippen molar-refractivity contribution in [2.24, 2.45) is 11.1 Å². The second kappa shape index (κ2) is 9.72. The van der Waals surface area contributed by atoms with Gasteiger partial charge in [-0.15, -0.1) is 0 Å². The van der Waals surface area contributed by atoms with Crippen LogP contribution < -0.4 is 16.4 Å². The van der Waals surface area contributed by atoms with Crippen LogP contribution in [-0.4, -0.2) is 56.3 Å². The average Bonchev–Trinajstić information content (AvgIpc) is 2.25. The predicted molar refractivity (Wildman–Crippen MR) is 90.2 cm³/mol. The van der Waals surface area contributed by atoms with Gasteiger partial charge in [0.05, 0.1) is 0 Å². The molecule has 0 saturated heterocycles. The van der Waals surface area contributed by atoms with Crippen LogP contribution in [0.4, 0.5) is 0 Å². The van der Waals surface area contributed by atoms with Gasteiger partial charge in [-0.2, -0.15) is 0 Å². The minimum absolute atomic E-state index is 0.194. The van der Waals surface area contributed by atoms with Crippen molar-refractivity contribution in [2.75, 3.05) is 45.8 Å². The Morgan fingerprint density at radius 1 is 0.850 bits per heavy atom. The van der Waals surface area contributed by atoms with E-state index in [1.807, 2.05) is 0 Å². The van der Waals surface area contributed by atoms with E-state index in [1.165, 1.54) is 6.42 Å². The van der Waals surface area contributed by atoms with Crippen molar-refractivity contribution in [3.05, 3.63) is 0 Å². The fourth-order valence-corrected chi connectivity index (χ4v) is 1.93. The average molecular weight is 287 g/mol. The molecule has 0 bridgehead atoms. The fraction of sp³-hybridized carbons (Fsp3) is 1.00. The minimum Gasteiger partial charge on any atom is -0.329 e. The zero-order valence-electron chi connectivity index (χ0n) is 14.7. The Kier molecular flexibility index (Phi) is 9.64. The molecule has 20 heavy (non-hydrogen) atoms. The molecule has 0 aromatic carbocycles. The van der Waals surface area contributed by atoms with Crippen molar-refractivity contribution in [3.63, 3.8) is 0 Å². The first kappa shape index (κ1) is 19.8. The molecule has 0 atom stereocenters. The second-order valence-electron chi connectivity index (χ2n) is 7.87. The lowest BCUT2D eigenvalue weighted by Gasteiger charge is -2.26. The van der Waals surface area contributed by atoms with Gasteiger partial charge < -0.3 is 16.4 Å². The van der Waals surface area contributed by atoms with Gasteiger partial charge in [0, 0.05) is 44.8 Å². The van der Waals surface area contributed by atoms with E-state index in [4.69, 9.17) is 5.73 Å². The molecular weight excluding hydrogens is 248 g/mol. The van der Waals surface area contributed by atoms with E-state index in [9.17, 15) is 0 Å². The molecule has 0 aromatic rings. The fourth-order valence-electron chi connectivity index (χ4n) is 1.93. The molecule has 0 amide bonds. The molecule has 0 rings (SSSR count). The van der Waals surface area contributed by atoms with Crippen LogP contribution in [0.25, 0.3) is 0 Å². The van der Waals surface area contributed by atoms with Gasteiger partial charge in [0.15, 0.2) is 0 Å². The number of rotatable bonds is 10. The molecule has 4 N–H and O–H groups in total. The molecule has 0 spiro atoms. The first-order chi connectivity index (χ1) is 9.14. The first-order valence-electron chi connectivity index (χ1n) is 8.02. The number of nitrogens with zero attached hydrogens (tertiary/aromatic N) is 1. The van der Waals surface area contributed by atoms with Gasteiger partial charge in [-0.3, -0.25) is 4.90 Å². The van der Waals surface area contributed by atoms with Gasteiger partial charge in [0.25, 0.3) is 0 Å². The molecule has 4 nitrogen and oxygen atoms in total. The molecule has 0 heterocycles. The first-order valence-corrected chi connectivity index (χ1v) is 8.02. The van der Waals surface area contributed by atoms with Gasteiger partial charge in [-0.05, 0) is 39.2 Å². The van der Waals surface area contributed by atoms with Gasteiger partial charge in [0.1, 0.15) is 0 Å². The van der Waals surface area contributed by atoms with Crippen LogP contribution in [0, 0.1) is 5.41 Å². The predicted octanol–water partition coefficient (Wildman–Crippen LogP) is 1.66. The minimum atomic E-state index is 0.194. The highest BCUT2D eigenvalue weighted by atomic mass is 15.2. The third-order valence-electron chi connectivity index (χ3n) is 3.19. The summed E-state index contributed by atoms with van der Waals surface area (Å²) in [6.45, 7) is 20.5. The number of hydrogen-bond donors (Lipinski definition) is 3. The third-order valence-corrected chi connectivity index (χ3v) is 3.19. The Labute approximate surface area is 126 Å². The molecule has 0 fully saturated rings. The highest BCUT2D eigenvalue weighted by molar-refractivity contribution is 4.72. The summed E-state index contributed by atoms with van der Waals surface area (Å²) in [5.41, 5.74) is 6.30. The molecule has 0 aromatic heterocycles. The topological polar surface area (TPSA) is 53.3 Å². The third kappa shape index (κ3) is 14.3. The lowest BCUT2D eigenvalue weighted by molar-refractivity contribution is 0.264. The quantitative estimate of drug-likeness (QED) is 0.535. The molecule has 0 radical (unpaired) electrons. The maximum Gasteiger partial charge on any atom is 0.0108 e. The van der Waals surface area contributed by atoms with Crippen molar-refractivity contribution in [3.8, 4) is 0 Å². The standard InChI is InChI=1S/C16H38N4/c1-15(2,3)7-9-18-10-13-20(12-8-17)14-11-19-16(4,5)6/h18-19H,7-14,17H2,1-6H3. The van der Waals surface area contributed by atoms with Crippen LogP contribution >= 0.6 is 0 Å². The molecule has 0 unspecified atom stereocenters. The van der Waals surface area contributed by atoms with E-state index in [0.717, 1.165) is 45.8 Å². The maximum absolute atomic E-state index is 5.69. The molecule has 0 aliphatic carbocycles. The smallest absolute Gasteiger partial charge is 0.0108 e. The van der Waals surface area contributed by atoms with E-state index >= 15 is 0 Å². The Morgan fingerprint density at radius 3 is 1.95 bits per heavy atom. The van der Waals surface area contributed by atoms with Crippen LogP contribution in [0.15, 0.2) is 0 Å². The number of nitrogens with two attached hydrogens (primary N) is 1. The highest BCUT2D eigenvalue weighted by Gasteiger charge is 2.11. The van der Waals surface area contributed by atoms with E-state index < -0.39 is 0 Å². The van der Waals surface area contributed by atoms with E-state index in [-0.39, 0.29) is 5.54 Å². The Hall–Kier alpha value is -0.160. The van der Waals surface area contributed by atoms with Gasteiger partial charge in [-0.25, -0.2) is 0 Å². The monoisotopic (exact) mass is 286 g/mol. The maximum atomic E-state index is 5.69. The molecule has 0 aliphatic heterocycles. The molecule has 4 heteroatoms. The van der Waals surface area contributed by atoms with Crippen molar-refractivity contribution < 1.29 is 0 Å². The van der Waals surface area contributed by atoms with Crippen molar-refractivity contribution in [1.82, 2.24) is 15.5 Å². The van der Waals surface area contributed by atoms with Crippen LogP contribution in [0.3, 0.4) is 0 Å². The van der Waals surface area contributed by atoms with Crippen molar-refractivity contribution in [2.45, 2.75) is 53.5 Å². The summed E-state index contributed by atoms with van der Waals surface area (Å²) in [4.78, 5) is 2.43. The number of hydrogen-bond acceptors (Lipinski definition) is 4. The molecule has 122 valence electrons. The van der Waals surface area contributed by atoms with Gasteiger partial charge in [-0.1, -0.05) is 20.8 Å². The van der Waals surface area contributed by atoms with Gasteiger partial charge >= 0.3 is 0 Å². The summed E-state index contributed by atoms with van der Waals surface area (Å²) in [5, 5.41) is 7.06.